The standard InChI is InChI=1S/C60H96N12O11/c1-15-37(6)50(60(83)67(10)40(9)53(76)62-29-27-49(74)71(14)51(36(4)5)55(78)65-39(8)57(80)68(11)46(52(61)75)31-41-22-17-16-18-23-41)66-54(77)47(32-42-33-63-44-25-20-19-24-43(42)44)69(12)58(81)45-26-21-28-64-72(45)59(82)48(34-73)70(13)56(79)38(7)30-35(2)3/h16-20,22-25,33,35-40,45-48,50-51,56,59,63-64,73,79,82H,15,21,26-32,34H2,1-14H3,(H2,61,75)(H,62,76)(H,65,78)(H,66,77)/t37?,38?,39?,40?,45?,46?,47?,48?,50?,51-,56?,59?/m1/s1. The van der Waals surface area contributed by atoms with Gasteiger partial charge in [-0.1, -0.05) is 103 Å². The number of primary amides is 1. The van der Waals surface area contributed by atoms with Crippen molar-refractivity contribution in [2.24, 2.45) is 29.4 Å². The molecule has 1 aromatic heterocycles. The molecule has 1 fully saturated rings. The van der Waals surface area contributed by atoms with Crippen molar-refractivity contribution in [3.05, 3.63) is 71.9 Å². The van der Waals surface area contributed by atoms with Gasteiger partial charge in [-0.2, -0.15) is 0 Å². The number of carbonyl (C=O) groups excluding carboxylic acids is 8. The molecule has 0 aliphatic carbocycles. The monoisotopic (exact) mass is 1160 g/mol. The van der Waals surface area contributed by atoms with Crippen LogP contribution in [0.4, 0.5) is 0 Å². The van der Waals surface area contributed by atoms with Gasteiger partial charge in [0.25, 0.3) is 0 Å². The average Bonchev–Trinajstić information content (AvgIpc) is 4.08. The Morgan fingerprint density at radius 1 is 0.747 bits per heavy atom. The number of aliphatic hydroxyl groups is 3. The number of likely N-dealkylation sites (N-methyl/N-ethyl adjacent to an activating group) is 5. The van der Waals surface area contributed by atoms with Crippen LogP contribution in [0, 0.1) is 23.7 Å². The van der Waals surface area contributed by atoms with Gasteiger partial charge in [0, 0.05) is 77.6 Å². The normalized spacial score (nSPS) is 17.9. The number of H-pyrrole nitrogens is 1. The van der Waals surface area contributed by atoms with Crippen molar-refractivity contribution in [2.75, 3.05) is 54.9 Å². The first kappa shape index (κ1) is 69.0. The summed E-state index contributed by atoms with van der Waals surface area (Å²) >= 11 is 0. The highest BCUT2D eigenvalue weighted by Gasteiger charge is 2.44. The molecular formula is C60H96N12O11. The van der Waals surface area contributed by atoms with Crippen molar-refractivity contribution in [1.82, 2.24) is 55.9 Å². The van der Waals surface area contributed by atoms with E-state index in [1.54, 1.807) is 34.0 Å². The van der Waals surface area contributed by atoms with Crippen LogP contribution in [-0.4, -0.2) is 213 Å². The molecule has 2 aromatic carbocycles. The Bertz CT molecular complexity index is 2640. The number of para-hydroxylation sites is 1. The van der Waals surface area contributed by atoms with Gasteiger partial charge in [-0.25, -0.2) is 5.01 Å². The molecule has 3 aromatic rings. The van der Waals surface area contributed by atoms with Gasteiger partial charge < -0.3 is 61.6 Å². The Labute approximate surface area is 490 Å². The maximum absolute atomic E-state index is 15.0. The third-order valence-electron chi connectivity index (χ3n) is 16.5. The quantitative estimate of drug-likeness (QED) is 0.0413. The first-order valence-electron chi connectivity index (χ1n) is 29.1. The molecule has 23 heteroatoms. The summed E-state index contributed by atoms with van der Waals surface area (Å²) in [7, 11) is 7.46. The minimum Gasteiger partial charge on any atom is -0.395 e. The lowest BCUT2D eigenvalue weighted by Gasteiger charge is -2.45. The lowest BCUT2D eigenvalue weighted by Crippen LogP contribution is -2.67. The van der Waals surface area contributed by atoms with E-state index in [1.165, 1.54) is 71.5 Å². The molecule has 23 nitrogen and oxygen atoms in total. The SMILES string of the molecule is CCC(C)C(NC(=O)C(Cc1c[nH]c2ccccc12)N(C)C(=O)C1CCCNN1C(O)C(CO)N(C)C(O)C(C)CC(C)C)C(=O)N(C)C(C)C(=O)NCCC(=O)N(C)[C@@H](C(=O)NC(C)C(=O)N(C)C(Cc1ccccc1)C(N)=O)C(C)C. The van der Waals surface area contributed by atoms with E-state index in [0.29, 0.717) is 38.1 Å². The van der Waals surface area contributed by atoms with Gasteiger partial charge in [0.1, 0.15) is 54.7 Å². The summed E-state index contributed by atoms with van der Waals surface area (Å²) in [4.78, 5) is 121. The average molecular weight is 1160 g/mol. The maximum atomic E-state index is 15.0. The minimum absolute atomic E-state index is 0.0278. The zero-order chi connectivity index (χ0) is 62.2. The third-order valence-corrected chi connectivity index (χ3v) is 16.5. The van der Waals surface area contributed by atoms with Crippen molar-refractivity contribution in [3.8, 4) is 0 Å². The van der Waals surface area contributed by atoms with Gasteiger partial charge in [0.05, 0.1) is 12.6 Å². The second-order valence-corrected chi connectivity index (χ2v) is 23.4. The Kier molecular flexibility index (Phi) is 26.6. The summed E-state index contributed by atoms with van der Waals surface area (Å²) in [5.41, 5.74) is 11.2. The number of benzene rings is 2. The minimum atomic E-state index is -1.46. The van der Waals surface area contributed by atoms with Crippen molar-refractivity contribution >= 4 is 58.2 Å². The zero-order valence-corrected chi connectivity index (χ0v) is 51.3. The van der Waals surface area contributed by atoms with E-state index in [1.807, 2.05) is 82.3 Å². The summed E-state index contributed by atoms with van der Waals surface area (Å²) < 4.78 is 0. The number of nitrogens with zero attached hydrogens (tertiary/aromatic N) is 6. The topological polar surface area (TPSA) is 307 Å². The number of aromatic amines is 1. The number of rotatable bonds is 31. The largest absolute Gasteiger partial charge is 0.395 e. The van der Waals surface area contributed by atoms with Gasteiger partial charge in [0.15, 0.2) is 0 Å². The van der Waals surface area contributed by atoms with E-state index in [9.17, 15) is 53.7 Å². The summed E-state index contributed by atoms with van der Waals surface area (Å²) in [6.45, 7) is 15.9. The third kappa shape index (κ3) is 18.0. The lowest BCUT2D eigenvalue weighted by atomic mass is 9.95. The van der Waals surface area contributed by atoms with Gasteiger partial charge in [-0.05, 0) is 81.0 Å². The first-order valence-corrected chi connectivity index (χ1v) is 29.1. The molecule has 83 heavy (non-hydrogen) atoms. The first-order chi connectivity index (χ1) is 39.1. The molecule has 12 atom stereocenters. The van der Waals surface area contributed by atoms with Crippen LogP contribution in [0.2, 0.25) is 0 Å². The summed E-state index contributed by atoms with van der Waals surface area (Å²) in [5.74, 6) is -5.42. The van der Waals surface area contributed by atoms with Crippen LogP contribution in [0.5, 0.6) is 0 Å². The molecule has 1 saturated heterocycles. The molecular weight excluding hydrogens is 1060 g/mol. The van der Waals surface area contributed by atoms with E-state index in [2.05, 4.69) is 26.4 Å². The van der Waals surface area contributed by atoms with Crippen LogP contribution in [-0.2, 0) is 51.2 Å². The van der Waals surface area contributed by atoms with Crippen molar-refractivity contribution < 1.29 is 53.7 Å². The van der Waals surface area contributed by atoms with Crippen molar-refractivity contribution in [3.63, 3.8) is 0 Å². The van der Waals surface area contributed by atoms with Crippen LogP contribution in [0.15, 0.2) is 60.8 Å². The molecule has 11 unspecified atom stereocenters. The van der Waals surface area contributed by atoms with E-state index in [4.69, 9.17) is 5.73 Å². The van der Waals surface area contributed by atoms with Gasteiger partial charge in [0.2, 0.25) is 47.3 Å². The molecule has 2 heterocycles. The highest BCUT2D eigenvalue weighted by Crippen LogP contribution is 2.26. The fourth-order valence-electron chi connectivity index (χ4n) is 11.0. The zero-order valence-electron chi connectivity index (χ0n) is 51.3. The number of amides is 8. The Balaban J connectivity index is 1.47. The Morgan fingerprint density at radius 2 is 1.39 bits per heavy atom. The van der Waals surface area contributed by atoms with Crippen molar-refractivity contribution in [2.45, 2.75) is 168 Å². The van der Waals surface area contributed by atoms with Gasteiger partial charge in [-0.15, -0.1) is 0 Å². The second kappa shape index (κ2) is 32.0. The molecule has 0 radical (unpaired) electrons. The molecule has 4 rings (SSSR count). The molecule has 8 amide bonds. The van der Waals surface area contributed by atoms with Crippen LogP contribution in [0.25, 0.3) is 10.9 Å². The van der Waals surface area contributed by atoms with Gasteiger partial charge >= 0.3 is 0 Å². The fraction of sp³-hybridized carbons (Fsp3) is 0.633. The molecule has 10 N–H and O–H groups in total. The Morgan fingerprint density at radius 3 is 1.99 bits per heavy atom. The summed E-state index contributed by atoms with van der Waals surface area (Å²) in [6, 6.07) is 8.07. The van der Waals surface area contributed by atoms with Crippen molar-refractivity contribution in [1.29, 1.82) is 0 Å². The number of fused-ring (bicyclic) bond motifs is 1. The number of nitrogens with one attached hydrogen (secondary N) is 5. The molecule has 0 bridgehead atoms. The van der Waals surface area contributed by atoms with Crippen LogP contribution in [0.3, 0.4) is 0 Å². The molecule has 0 spiro atoms. The highest BCUT2D eigenvalue weighted by molar-refractivity contribution is 5.96. The number of aromatic nitrogens is 1. The number of hydrogen-bond acceptors (Lipinski definition) is 14. The van der Waals surface area contributed by atoms with E-state index in [-0.39, 0.29) is 31.7 Å². The molecule has 0 saturated carbocycles. The predicted molar refractivity (Wildman–Crippen MR) is 317 cm³/mol. The number of carbonyl (C=O) groups is 8. The summed E-state index contributed by atoms with van der Waals surface area (Å²) in [5, 5.41) is 44.4. The summed E-state index contributed by atoms with van der Waals surface area (Å²) in [6.07, 6.45) is 1.27. The number of hydrazine groups is 1. The smallest absolute Gasteiger partial charge is 0.245 e. The second-order valence-electron chi connectivity index (χ2n) is 23.4. The van der Waals surface area contributed by atoms with Crippen LogP contribution in [0.1, 0.15) is 106 Å². The Hall–Kier alpha value is -6.50. The number of nitrogens with two attached hydrogens (primary N) is 1. The van der Waals surface area contributed by atoms with Crippen LogP contribution < -0.4 is 27.1 Å². The predicted octanol–water partition coefficient (Wildman–Crippen LogP) is 1.54. The van der Waals surface area contributed by atoms with Crippen LogP contribution >= 0.6 is 0 Å². The molecule has 1 aliphatic heterocycles. The number of aliphatic hydroxyl groups excluding tert-OH is 3. The van der Waals surface area contributed by atoms with Gasteiger partial charge in [-0.3, -0.25) is 48.7 Å². The van der Waals surface area contributed by atoms with E-state index in [0.717, 1.165) is 22.0 Å². The maximum Gasteiger partial charge on any atom is 0.245 e. The van der Waals surface area contributed by atoms with E-state index < -0.39 is 126 Å². The molecule has 1 aliphatic rings. The number of hydrogen-bond donors (Lipinski definition) is 9. The van der Waals surface area contributed by atoms with E-state index >= 15 is 0 Å². The lowest BCUT2D eigenvalue weighted by molar-refractivity contribution is -0.172. The fourth-order valence-corrected chi connectivity index (χ4v) is 11.0. The highest BCUT2D eigenvalue weighted by atomic mass is 16.3. The molecule has 462 valence electrons.